The number of hydrogen-bond acceptors (Lipinski definition) is 2. The van der Waals surface area contributed by atoms with Gasteiger partial charge in [-0.1, -0.05) is 29.8 Å². The third kappa shape index (κ3) is 5.21. The van der Waals surface area contributed by atoms with Crippen molar-refractivity contribution in [2.24, 2.45) is 5.10 Å². The Kier molecular flexibility index (Phi) is 5.80. The number of benzene rings is 2. The number of alkyl halides is 3. The summed E-state index contributed by atoms with van der Waals surface area (Å²) in [6, 6.07) is 11.8. The predicted octanol–water partition coefficient (Wildman–Crippen LogP) is 5.07. The lowest BCUT2D eigenvalue weighted by atomic mass is 10.1. The van der Waals surface area contributed by atoms with Crippen molar-refractivity contribution < 1.29 is 13.2 Å². The van der Waals surface area contributed by atoms with Gasteiger partial charge in [-0.25, -0.2) is 0 Å². The number of nitrogens with one attached hydrogen (secondary N) is 2. The maximum atomic E-state index is 12.7. The lowest BCUT2D eigenvalue weighted by molar-refractivity contribution is -0.137. The van der Waals surface area contributed by atoms with Crippen LogP contribution in [0.25, 0.3) is 0 Å². The Hall–Kier alpha value is -2.12. The van der Waals surface area contributed by atoms with Crippen LogP contribution in [-0.2, 0) is 6.18 Å². The van der Waals surface area contributed by atoms with Crippen molar-refractivity contribution in [2.45, 2.75) is 13.1 Å². The summed E-state index contributed by atoms with van der Waals surface area (Å²) in [6.45, 7) is 1.76. The summed E-state index contributed by atoms with van der Waals surface area (Å²) in [4.78, 5) is 0. The van der Waals surface area contributed by atoms with Crippen LogP contribution >= 0.6 is 23.8 Å². The highest BCUT2D eigenvalue weighted by Gasteiger charge is 2.30. The first-order valence-corrected chi connectivity index (χ1v) is 7.59. The minimum absolute atomic E-state index is 0.0794. The third-order valence-electron chi connectivity index (χ3n) is 3.02. The van der Waals surface area contributed by atoms with E-state index in [0.717, 1.165) is 17.7 Å². The van der Waals surface area contributed by atoms with Crippen molar-refractivity contribution in [1.82, 2.24) is 5.43 Å². The molecule has 0 aliphatic heterocycles. The molecule has 0 atom stereocenters. The van der Waals surface area contributed by atoms with Gasteiger partial charge in [-0.05, 0) is 55.0 Å². The number of hydrogen-bond donors (Lipinski definition) is 2. The van der Waals surface area contributed by atoms with Crippen LogP contribution < -0.4 is 10.7 Å². The van der Waals surface area contributed by atoms with Gasteiger partial charge in [-0.3, -0.25) is 5.43 Å². The van der Waals surface area contributed by atoms with Gasteiger partial charge in [0.1, 0.15) is 0 Å². The number of anilines is 1. The van der Waals surface area contributed by atoms with Gasteiger partial charge in [0, 0.05) is 10.7 Å². The van der Waals surface area contributed by atoms with Crippen LogP contribution in [0.4, 0.5) is 18.9 Å². The van der Waals surface area contributed by atoms with Crippen molar-refractivity contribution in [2.75, 3.05) is 5.32 Å². The Bertz CT molecular complexity index is 775. The zero-order valence-electron chi connectivity index (χ0n) is 12.5. The maximum absolute atomic E-state index is 12.7. The molecule has 0 unspecified atom stereocenters. The van der Waals surface area contributed by atoms with Crippen molar-refractivity contribution in [1.29, 1.82) is 0 Å². The van der Waals surface area contributed by atoms with Gasteiger partial charge in [0.05, 0.1) is 11.3 Å². The fourth-order valence-electron chi connectivity index (χ4n) is 1.85. The Morgan fingerprint density at radius 2 is 1.83 bits per heavy atom. The second-order valence-electron chi connectivity index (χ2n) is 4.85. The average molecular weight is 372 g/mol. The first kappa shape index (κ1) is 18.2. The molecule has 126 valence electrons. The molecule has 2 N–H and O–H groups in total. The number of nitrogens with zero attached hydrogens (tertiary/aromatic N) is 1. The van der Waals surface area contributed by atoms with E-state index >= 15 is 0 Å². The van der Waals surface area contributed by atoms with Crippen molar-refractivity contribution >= 4 is 40.3 Å². The first-order chi connectivity index (χ1) is 11.3. The molecule has 0 heterocycles. The Balaban J connectivity index is 2.02. The molecular weight excluding hydrogens is 359 g/mol. The van der Waals surface area contributed by atoms with Gasteiger partial charge in [0.25, 0.3) is 0 Å². The van der Waals surface area contributed by atoms with Gasteiger partial charge in [0.15, 0.2) is 5.11 Å². The molecule has 2 aromatic rings. The summed E-state index contributed by atoms with van der Waals surface area (Å²) in [7, 11) is 0. The lowest BCUT2D eigenvalue weighted by Gasteiger charge is -2.11. The molecular formula is C16H13ClF3N3S. The molecule has 0 saturated carbocycles. The number of rotatable bonds is 3. The van der Waals surface area contributed by atoms with Gasteiger partial charge < -0.3 is 5.32 Å². The molecule has 0 fully saturated rings. The second-order valence-corrected chi connectivity index (χ2v) is 5.70. The summed E-state index contributed by atoms with van der Waals surface area (Å²) >= 11 is 10.9. The van der Waals surface area contributed by atoms with Gasteiger partial charge in [-0.15, -0.1) is 0 Å². The molecule has 2 aromatic carbocycles. The van der Waals surface area contributed by atoms with E-state index in [0.29, 0.717) is 10.7 Å². The van der Waals surface area contributed by atoms with Crippen LogP contribution in [0.5, 0.6) is 0 Å². The number of halogens is 4. The zero-order chi connectivity index (χ0) is 17.7. The van der Waals surface area contributed by atoms with E-state index in [1.54, 1.807) is 25.1 Å². The van der Waals surface area contributed by atoms with Gasteiger partial charge in [-0.2, -0.15) is 18.3 Å². The van der Waals surface area contributed by atoms with Crippen LogP contribution in [0, 0.1) is 0 Å². The monoisotopic (exact) mass is 371 g/mol. The fourth-order valence-corrected chi connectivity index (χ4v) is 2.20. The first-order valence-electron chi connectivity index (χ1n) is 6.80. The molecule has 0 aromatic heterocycles. The fraction of sp³-hybridized carbons (Fsp3) is 0.125. The SMILES string of the molecule is C/C(=N\NC(=S)Nc1cccc(C(F)(F)F)c1)c1cccc(Cl)c1. The van der Waals surface area contributed by atoms with Gasteiger partial charge in [0.2, 0.25) is 0 Å². The van der Waals surface area contributed by atoms with Crippen LogP contribution in [-0.4, -0.2) is 10.8 Å². The van der Waals surface area contributed by atoms with Gasteiger partial charge >= 0.3 is 6.18 Å². The highest BCUT2D eigenvalue weighted by molar-refractivity contribution is 7.80. The number of thiocarbonyl (C=S) groups is 1. The highest BCUT2D eigenvalue weighted by atomic mass is 35.5. The van der Waals surface area contributed by atoms with E-state index in [-0.39, 0.29) is 10.8 Å². The molecule has 8 heteroatoms. The summed E-state index contributed by atoms with van der Waals surface area (Å²) in [5.74, 6) is 0. The van der Waals surface area contributed by atoms with E-state index in [4.69, 9.17) is 23.8 Å². The van der Waals surface area contributed by atoms with Crippen molar-refractivity contribution in [3.05, 3.63) is 64.7 Å². The minimum atomic E-state index is -4.41. The van der Waals surface area contributed by atoms with Crippen molar-refractivity contribution in [3.63, 3.8) is 0 Å². The summed E-state index contributed by atoms with van der Waals surface area (Å²) in [5, 5.41) is 7.40. The molecule has 0 amide bonds. The molecule has 24 heavy (non-hydrogen) atoms. The van der Waals surface area contributed by atoms with E-state index < -0.39 is 11.7 Å². The number of hydrazone groups is 1. The molecule has 0 saturated heterocycles. The maximum Gasteiger partial charge on any atom is 0.416 e. The van der Waals surface area contributed by atoms with Crippen LogP contribution in [0.15, 0.2) is 53.6 Å². The largest absolute Gasteiger partial charge is 0.416 e. The molecule has 3 nitrogen and oxygen atoms in total. The van der Waals surface area contributed by atoms with Crippen molar-refractivity contribution in [3.8, 4) is 0 Å². The smallest absolute Gasteiger partial charge is 0.331 e. The summed E-state index contributed by atoms with van der Waals surface area (Å²) in [5.41, 5.74) is 3.49. The van der Waals surface area contributed by atoms with Crippen LogP contribution in [0.3, 0.4) is 0 Å². The highest BCUT2D eigenvalue weighted by Crippen LogP contribution is 2.30. The van der Waals surface area contributed by atoms with E-state index in [9.17, 15) is 13.2 Å². The van der Waals surface area contributed by atoms with Crippen LogP contribution in [0.1, 0.15) is 18.1 Å². The molecule has 0 aliphatic rings. The van der Waals surface area contributed by atoms with E-state index in [1.165, 1.54) is 12.1 Å². The second kappa shape index (κ2) is 7.63. The normalized spacial score (nSPS) is 12.0. The third-order valence-corrected chi connectivity index (χ3v) is 3.44. The predicted molar refractivity (Wildman–Crippen MR) is 94.5 cm³/mol. The van der Waals surface area contributed by atoms with E-state index in [2.05, 4.69) is 15.8 Å². The minimum Gasteiger partial charge on any atom is -0.331 e. The quantitative estimate of drug-likeness (QED) is 0.449. The molecule has 0 bridgehead atoms. The molecule has 2 rings (SSSR count). The Morgan fingerprint density at radius 3 is 2.50 bits per heavy atom. The topological polar surface area (TPSA) is 36.4 Å². The Morgan fingerprint density at radius 1 is 1.12 bits per heavy atom. The molecule has 0 aliphatic carbocycles. The summed E-state index contributed by atoms with van der Waals surface area (Å²) in [6.07, 6.45) is -4.41. The van der Waals surface area contributed by atoms with Crippen LogP contribution in [0.2, 0.25) is 5.02 Å². The Labute approximate surface area is 147 Å². The lowest BCUT2D eigenvalue weighted by Crippen LogP contribution is -2.25. The summed E-state index contributed by atoms with van der Waals surface area (Å²) < 4.78 is 38.0. The average Bonchev–Trinajstić information content (AvgIpc) is 2.52. The standard InChI is InChI=1S/C16H13ClF3N3S/c1-10(11-4-2-6-13(17)8-11)22-23-15(24)21-14-7-3-5-12(9-14)16(18,19)20/h2-9H,1H3,(H2,21,23,24)/b22-10+. The molecule has 0 spiro atoms. The molecule has 0 radical (unpaired) electrons. The van der Waals surface area contributed by atoms with E-state index in [1.807, 2.05) is 6.07 Å². The zero-order valence-corrected chi connectivity index (χ0v) is 14.1.